The predicted octanol–water partition coefficient (Wildman–Crippen LogP) is 3.90. The van der Waals surface area contributed by atoms with Crippen molar-refractivity contribution in [1.29, 1.82) is 0 Å². The van der Waals surface area contributed by atoms with Gasteiger partial charge in [0.25, 0.3) is 0 Å². The van der Waals surface area contributed by atoms with Crippen molar-refractivity contribution in [2.45, 2.75) is 39.5 Å². The molecule has 0 saturated heterocycles. The summed E-state index contributed by atoms with van der Waals surface area (Å²) in [6.07, 6.45) is 7.24. The van der Waals surface area contributed by atoms with E-state index in [9.17, 15) is 0 Å². The van der Waals surface area contributed by atoms with E-state index in [4.69, 9.17) is 9.47 Å². The van der Waals surface area contributed by atoms with Crippen LogP contribution in [0.3, 0.4) is 0 Å². The third-order valence-electron chi connectivity index (χ3n) is 3.21. The fourth-order valence-corrected chi connectivity index (χ4v) is 1.94. The number of unbranched alkanes of at least 4 members (excludes halogenated alkanes) is 2. The first kappa shape index (κ1) is 16.2. The summed E-state index contributed by atoms with van der Waals surface area (Å²) >= 11 is 0. The zero-order valence-corrected chi connectivity index (χ0v) is 13.3. The van der Waals surface area contributed by atoms with E-state index in [1.807, 2.05) is 18.2 Å². The molecule has 2 aromatic rings. The van der Waals surface area contributed by atoms with E-state index in [-0.39, 0.29) is 0 Å². The van der Waals surface area contributed by atoms with Gasteiger partial charge in [-0.15, -0.1) is 0 Å². The van der Waals surface area contributed by atoms with E-state index >= 15 is 0 Å². The number of rotatable bonds is 9. The maximum absolute atomic E-state index is 5.90. The van der Waals surface area contributed by atoms with Gasteiger partial charge in [0.1, 0.15) is 24.2 Å². The summed E-state index contributed by atoms with van der Waals surface area (Å²) in [5, 5.41) is 0. The summed E-state index contributed by atoms with van der Waals surface area (Å²) in [6.45, 7) is 5.68. The molecule has 22 heavy (non-hydrogen) atoms. The van der Waals surface area contributed by atoms with Crippen molar-refractivity contribution in [2.24, 2.45) is 0 Å². The Balaban J connectivity index is 2.19. The maximum atomic E-state index is 5.90. The Hall–Kier alpha value is -2.17. The molecule has 0 bridgehead atoms. The quantitative estimate of drug-likeness (QED) is 0.657. The topological polar surface area (TPSA) is 57.1 Å². The molecule has 0 aliphatic carbocycles. The minimum atomic E-state index is 0.613. The minimum Gasteiger partial charge on any atom is -0.493 e. The smallest absolute Gasteiger partial charge is 0.166 e. The molecule has 1 heterocycles. The molecule has 5 heteroatoms. The Morgan fingerprint density at radius 3 is 2.27 bits per heavy atom. The van der Waals surface area contributed by atoms with E-state index in [0.29, 0.717) is 12.4 Å². The second kappa shape index (κ2) is 8.97. The van der Waals surface area contributed by atoms with Gasteiger partial charge in [0.15, 0.2) is 5.82 Å². The average Bonchev–Trinajstić information content (AvgIpc) is 2.56. The Morgan fingerprint density at radius 2 is 1.59 bits per heavy atom. The summed E-state index contributed by atoms with van der Waals surface area (Å²) in [4.78, 5) is 12.3. The summed E-state index contributed by atoms with van der Waals surface area (Å²) in [5.41, 5.74) is 0.862. The molecule has 0 spiro atoms. The molecule has 1 aromatic heterocycles. The molecule has 5 nitrogen and oxygen atoms in total. The summed E-state index contributed by atoms with van der Waals surface area (Å²) in [5.74, 6) is 2.19. The monoisotopic (exact) mass is 301 g/mol. The van der Waals surface area contributed by atoms with Crippen LogP contribution in [0, 0.1) is 0 Å². The molecule has 2 rings (SSSR count). The van der Waals surface area contributed by atoms with Crippen LogP contribution in [0.4, 0.5) is 0 Å². The number of hydrogen-bond donors (Lipinski definition) is 0. The second-order valence-electron chi connectivity index (χ2n) is 5.02. The van der Waals surface area contributed by atoms with E-state index in [2.05, 4.69) is 28.8 Å². The van der Waals surface area contributed by atoms with Crippen LogP contribution >= 0.6 is 0 Å². The second-order valence-corrected chi connectivity index (χ2v) is 5.02. The molecule has 118 valence electrons. The van der Waals surface area contributed by atoms with Gasteiger partial charge in [-0.3, -0.25) is 0 Å². The lowest BCUT2D eigenvalue weighted by Gasteiger charge is -2.13. The number of aromatic nitrogens is 3. The van der Waals surface area contributed by atoms with E-state index in [1.165, 1.54) is 12.7 Å². The van der Waals surface area contributed by atoms with E-state index < -0.39 is 0 Å². The van der Waals surface area contributed by atoms with Crippen LogP contribution in [0.15, 0.2) is 30.9 Å². The molecule has 1 aromatic carbocycles. The van der Waals surface area contributed by atoms with Gasteiger partial charge in [-0.25, -0.2) is 15.0 Å². The van der Waals surface area contributed by atoms with E-state index in [0.717, 1.165) is 49.4 Å². The molecule has 0 amide bonds. The van der Waals surface area contributed by atoms with Crippen LogP contribution in [0.5, 0.6) is 11.5 Å². The summed E-state index contributed by atoms with van der Waals surface area (Å²) < 4.78 is 11.6. The molecule has 0 atom stereocenters. The van der Waals surface area contributed by atoms with E-state index in [1.54, 1.807) is 0 Å². The zero-order valence-electron chi connectivity index (χ0n) is 13.3. The first-order chi connectivity index (χ1) is 10.8. The molecule has 0 aliphatic heterocycles. The Labute approximate surface area is 131 Å². The molecule has 0 radical (unpaired) electrons. The SMILES string of the molecule is CCCCOc1ccc(-c2ncncn2)c(OCCCC)c1. The van der Waals surface area contributed by atoms with Crippen LogP contribution in [-0.4, -0.2) is 28.2 Å². The van der Waals surface area contributed by atoms with Crippen molar-refractivity contribution in [2.75, 3.05) is 13.2 Å². The highest BCUT2D eigenvalue weighted by atomic mass is 16.5. The first-order valence-electron chi connectivity index (χ1n) is 7.87. The van der Waals surface area contributed by atoms with Crippen molar-refractivity contribution in [3.05, 3.63) is 30.9 Å². The third-order valence-corrected chi connectivity index (χ3v) is 3.21. The number of benzene rings is 1. The largest absolute Gasteiger partial charge is 0.493 e. The average molecular weight is 301 g/mol. The molecule has 0 saturated carbocycles. The zero-order chi connectivity index (χ0) is 15.6. The van der Waals surface area contributed by atoms with Gasteiger partial charge in [-0.2, -0.15) is 0 Å². The lowest BCUT2D eigenvalue weighted by atomic mass is 10.1. The maximum Gasteiger partial charge on any atom is 0.166 e. The standard InChI is InChI=1S/C17H23N3O2/c1-3-5-9-21-14-7-8-15(17-19-12-18-13-20-17)16(11-14)22-10-6-4-2/h7-8,11-13H,3-6,9-10H2,1-2H3. The Morgan fingerprint density at radius 1 is 0.909 bits per heavy atom. The lowest BCUT2D eigenvalue weighted by Crippen LogP contribution is -2.02. The van der Waals surface area contributed by atoms with Gasteiger partial charge in [-0.1, -0.05) is 26.7 Å². The Kier molecular flexibility index (Phi) is 6.61. The van der Waals surface area contributed by atoms with Crippen molar-refractivity contribution < 1.29 is 9.47 Å². The molecule has 0 fully saturated rings. The normalized spacial score (nSPS) is 10.5. The number of ether oxygens (including phenoxy) is 2. The number of hydrogen-bond acceptors (Lipinski definition) is 5. The van der Waals surface area contributed by atoms with Gasteiger partial charge < -0.3 is 9.47 Å². The minimum absolute atomic E-state index is 0.613. The van der Waals surface area contributed by atoms with Gasteiger partial charge in [0.05, 0.1) is 18.8 Å². The van der Waals surface area contributed by atoms with Gasteiger partial charge in [-0.05, 0) is 25.0 Å². The fourth-order valence-electron chi connectivity index (χ4n) is 1.94. The highest BCUT2D eigenvalue weighted by molar-refractivity contribution is 5.65. The van der Waals surface area contributed by atoms with Crippen molar-refractivity contribution >= 4 is 0 Å². The van der Waals surface area contributed by atoms with Crippen LogP contribution < -0.4 is 9.47 Å². The number of nitrogens with zero attached hydrogens (tertiary/aromatic N) is 3. The predicted molar refractivity (Wildman–Crippen MR) is 86.1 cm³/mol. The molecule has 0 unspecified atom stereocenters. The molecular weight excluding hydrogens is 278 g/mol. The van der Waals surface area contributed by atoms with Crippen LogP contribution in [0.2, 0.25) is 0 Å². The molecular formula is C17H23N3O2. The van der Waals surface area contributed by atoms with Crippen molar-refractivity contribution in [3.63, 3.8) is 0 Å². The highest BCUT2D eigenvalue weighted by Gasteiger charge is 2.11. The lowest BCUT2D eigenvalue weighted by molar-refractivity contribution is 0.295. The van der Waals surface area contributed by atoms with Crippen LogP contribution in [-0.2, 0) is 0 Å². The van der Waals surface area contributed by atoms with Crippen molar-refractivity contribution in [1.82, 2.24) is 15.0 Å². The van der Waals surface area contributed by atoms with Crippen LogP contribution in [0.1, 0.15) is 39.5 Å². The van der Waals surface area contributed by atoms with Gasteiger partial charge >= 0.3 is 0 Å². The van der Waals surface area contributed by atoms with Crippen molar-refractivity contribution in [3.8, 4) is 22.9 Å². The first-order valence-corrected chi connectivity index (χ1v) is 7.87. The molecule has 0 aliphatic rings. The summed E-state index contributed by atoms with van der Waals surface area (Å²) in [7, 11) is 0. The van der Waals surface area contributed by atoms with Gasteiger partial charge in [0.2, 0.25) is 0 Å². The molecule has 0 N–H and O–H groups in total. The Bertz CT molecular complexity index is 561. The fraction of sp³-hybridized carbons (Fsp3) is 0.471. The third kappa shape index (κ3) is 4.69. The highest BCUT2D eigenvalue weighted by Crippen LogP contribution is 2.31. The van der Waals surface area contributed by atoms with Crippen LogP contribution in [0.25, 0.3) is 11.4 Å². The van der Waals surface area contributed by atoms with Gasteiger partial charge in [0, 0.05) is 6.07 Å². The summed E-state index contributed by atoms with van der Waals surface area (Å²) in [6, 6.07) is 5.80.